The van der Waals surface area contributed by atoms with E-state index in [1.165, 1.54) is 0 Å². The average Bonchev–Trinajstić information content (AvgIpc) is 3.27. The molecule has 0 aromatic heterocycles. The normalized spacial score (nSPS) is 33.5. The van der Waals surface area contributed by atoms with Crippen LogP contribution in [0.1, 0.15) is 30.0 Å². The van der Waals surface area contributed by atoms with Crippen molar-refractivity contribution in [3.05, 3.63) is 149 Å². The molecule has 0 unspecified atom stereocenters. The number of nitrogens with zero attached hydrogens (tertiary/aromatic N) is 12. The van der Waals surface area contributed by atoms with Gasteiger partial charge in [-0.1, -0.05) is 111 Å². The molecule has 22 nitrogen and oxygen atoms in total. The van der Waals surface area contributed by atoms with Gasteiger partial charge in [-0.25, -0.2) is 0 Å². The molecule has 2 aliphatic heterocycles. The highest BCUT2D eigenvalue weighted by molar-refractivity contribution is 5.16. The molecule has 322 valence electrons. The molecule has 0 spiro atoms. The molecular formula is C39H46N12O10. The molecule has 15 atom stereocenters. The van der Waals surface area contributed by atoms with Crippen molar-refractivity contribution in [3.63, 3.8) is 0 Å². The lowest BCUT2D eigenvalue weighted by atomic mass is 9.84. The first-order valence-corrected chi connectivity index (χ1v) is 19.5. The molecule has 6 rings (SSSR count). The van der Waals surface area contributed by atoms with Crippen LogP contribution in [0.5, 0.6) is 0 Å². The third-order valence-electron chi connectivity index (χ3n) is 10.7. The number of hydrogen-bond donors (Lipinski definition) is 3. The Balaban J connectivity index is 1.34. The zero-order chi connectivity index (χ0) is 43.1. The summed E-state index contributed by atoms with van der Waals surface area (Å²) in [5.74, 6) is 0. The van der Waals surface area contributed by atoms with Crippen molar-refractivity contribution >= 4 is 0 Å². The lowest BCUT2D eigenvalue weighted by Gasteiger charge is -2.49. The lowest BCUT2D eigenvalue weighted by Crippen LogP contribution is -2.65. The van der Waals surface area contributed by atoms with E-state index in [2.05, 4.69) is 40.1 Å². The molecule has 2 heterocycles. The minimum Gasteiger partial charge on any atom is -0.390 e. The van der Waals surface area contributed by atoms with Crippen LogP contribution in [0.3, 0.4) is 0 Å². The van der Waals surface area contributed by atoms with E-state index in [1.54, 1.807) is 6.92 Å². The fourth-order valence-corrected chi connectivity index (χ4v) is 7.63. The number of ether oxygens (including phenoxy) is 7. The molecule has 1 aliphatic carbocycles. The zero-order valence-electron chi connectivity index (χ0n) is 32.9. The van der Waals surface area contributed by atoms with Crippen molar-refractivity contribution in [1.29, 1.82) is 0 Å². The maximum absolute atomic E-state index is 12.2. The number of azide groups is 4. The Labute approximate surface area is 349 Å². The van der Waals surface area contributed by atoms with Gasteiger partial charge in [-0.2, -0.15) is 0 Å². The van der Waals surface area contributed by atoms with Crippen LogP contribution in [0.25, 0.3) is 41.8 Å². The second-order valence-electron chi connectivity index (χ2n) is 14.6. The van der Waals surface area contributed by atoms with Gasteiger partial charge in [-0.05, 0) is 52.2 Å². The fourth-order valence-electron chi connectivity index (χ4n) is 7.63. The summed E-state index contributed by atoms with van der Waals surface area (Å²) in [5, 5.41) is 48.4. The maximum atomic E-state index is 12.2. The summed E-state index contributed by atoms with van der Waals surface area (Å²) in [4.78, 5) is 11.3. The van der Waals surface area contributed by atoms with Gasteiger partial charge in [0.15, 0.2) is 12.6 Å². The molecule has 3 N–H and O–H groups in total. The molecule has 3 aromatic carbocycles. The first-order chi connectivity index (χ1) is 29.8. The SMILES string of the molecule is C[C@@H]1O[C@@H](O[C@@H]2[C@@H](O)[C@H](O[C@H]3O[C@H](CN=[N+]=[N-])[C@@H](O)[C@H](O)[C@H]3N=[N+]=[N-])[C@@H](N=[N+]=[N-])C[C@H]2N=[N+]=[N-])[C@H](OCc2ccccc2)[C@H](OCc2ccccc2)[C@H]1OCc1ccccc1. The summed E-state index contributed by atoms with van der Waals surface area (Å²) in [7, 11) is 0. The van der Waals surface area contributed by atoms with Crippen LogP contribution in [0.15, 0.2) is 111 Å². The third kappa shape index (κ3) is 11.5. The first-order valence-electron chi connectivity index (χ1n) is 19.5. The van der Waals surface area contributed by atoms with Crippen LogP contribution < -0.4 is 0 Å². The van der Waals surface area contributed by atoms with E-state index in [1.807, 2.05) is 91.0 Å². The van der Waals surface area contributed by atoms with Crippen LogP contribution in [-0.4, -0.2) is 114 Å². The number of aliphatic hydroxyl groups is 3. The predicted octanol–water partition coefficient (Wildman–Crippen LogP) is 5.82. The predicted molar refractivity (Wildman–Crippen MR) is 213 cm³/mol. The van der Waals surface area contributed by atoms with E-state index in [0.717, 1.165) is 16.7 Å². The zero-order valence-corrected chi connectivity index (χ0v) is 32.9. The largest absolute Gasteiger partial charge is 0.390 e. The van der Waals surface area contributed by atoms with Gasteiger partial charge in [0, 0.05) is 19.6 Å². The van der Waals surface area contributed by atoms with E-state index >= 15 is 0 Å². The van der Waals surface area contributed by atoms with Crippen LogP contribution in [0, 0.1) is 0 Å². The van der Waals surface area contributed by atoms with Crippen molar-refractivity contribution in [2.24, 2.45) is 20.5 Å². The molecule has 1 saturated carbocycles. The Morgan fingerprint density at radius 2 is 1.03 bits per heavy atom. The van der Waals surface area contributed by atoms with Gasteiger partial charge in [-0.15, -0.1) is 0 Å². The second kappa shape index (κ2) is 22.4. The second-order valence-corrected chi connectivity index (χ2v) is 14.6. The fraction of sp³-hybridized carbons (Fsp3) is 0.538. The minimum absolute atomic E-state index is 0.0857. The lowest BCUT2D eigenvalue weighted by molar-refractivity contribution is -0.343. The summed E-state index contributed by atoms with van der Waals surface area (Å²) in [5.41, 5.74) is 40.0. The Kier molecular flexibility index (Phi) is 16.5. The summed E-state index contributed by atoms with van der Waals surface area (Å²) < 4.78 is 44.9. The molecule has 22 heteroatoms. The van der Waals surface area contributed by atoms with Gasteiger partial charge >= 0.3 is 0 Å². The minimum atomic E-state index is -1.78. The van der Waals surface area contributed by atoms with Gasteiger partial charge in [0.2, 0.25) is 0 Å². The quantitative estimate of drug-likeness (QED) is 0.0783. The molecule has 0 bridgehead atoms. The highest BCUT2D eigenvalue weighted by Gasteiger charge is 2.54. The Bertz CT molecular complexity index is 2040. The summed E-state index contributed by atoms with van der Waals surface area (Å²) in [6.45, 7) is 1.81. The van der Waals surface area contributed by atoms with E-state index in [9.17, 15) is 31.9 Å². The van der Waals surface area contributed by atoms with Crippen LogP contribution in [0.2, 0.25) is 0 Å². The van der Waals surface area contributed by atoms with Crippen molar-refractivity contribution in [1.82, 2.24) is 0 Å². The molecular weight excluding hydrogens is 797 g/mol. The van der Waals surface area contributed by atoms with E-state index in [4.69, 9.17) is 38.7 Å². The summed E-state index contributed by atoms with van der Waals surface area (Å²) in [6, 6.07) is 24.5. The van der Waals surface area contributed by atoms with E-state index in [0.29, 0.717) is 0 Å². The third-order valence-corrected chi connectivity index (χ3v) is 10.7. The van der Waals surface area contributed by atoms with Crippen molar-refractivity contribution in [2.75, 3.05) is 6.54 Å². The van der Waals surface area contributed by atoms with Crippen molar-refractivity contribution in [2.45, 2.75) is 125 Å². The molecule has 0 radical (unpaired) electrons. The number of hydrogen-bond acceptors (Lipinski definition) is 14. The maximum Gasteiger partial charge on any atom is 0.187 e. The smallest absolute Gasteiger partial charge is 0.187 e. The van der Waals surface area contributed by atoms with E-state index < -0.39 is 98.3 Å². The number of benzene rings is 3. The van der Waals surface area contributed by atoms with Gasteiger partial charge in [0.05, 0.1) is 69.0 Å². The van der Waals surface area contributed by atoms with Crippen LogP contribution >= 0.6 is 0 Å². The molecule has 3 fully saturated rings. The standard InChI is InChI=1S/C39H46N12O10/c1-22-33(55-19-23-11-5-2-6-12-23)36(56-20-24-13-7-3-8-14-24)37(57-21-25-15-9-4-10-16-25)39(58-22)61-35-27(46-50-42)17-26(45-49-41)34(32(35)54)60-38-29(47-51-43)31(53)30(52)28(59-38)18-44-48-40/h2-16,22,26-39,52-54H,17-21H2,1H3/t22-,26-,27+,28+,29+,30+,31+,32-,33-,34+,35-,36+,37+,38+,39-/m0/s1. The molecule has 61 heavy (non-hydrogen) atoms. The van der Waals surface area contributed by atoms with Crippen molar-refractivity contribution in [3.8, 4) is 0 Å². The Morgan fingerprint density at radius 3 is 1.52 bits per heavy atom. The first kappa shape index (κ1) is 45.0. The molecule has 3 aromatic rings. The number of aliphatic hydroxyl groups excluding tert-OH is 3. The highest BCUT2D eigenvalue weighted by Crippen LogP contribution is 2.37. The molecule has 3 aliphatic rings. The summed E-state index contributed by atoms with van der Waals surface area (Å²) in [6.07, 6.45) is -16.0. The molecule has 0 amide bonds. The van der Waals surface area contributed by atoms with Gasteiger partial charge < -0.3 is 48.5 Å². The van der Waals surface area contributed by atoms with Crippen LogP contribution in [-0.2, 0) is 53.0 Å². The highest BCUT2D eigenvalue weighted by atomic mass is 16.7. The molecule has 2 saturated heterocycles. The monoisotopic (exact) mass is 842 g/mol. The van der Waals surface area contributed by atoms with Crippen LogP contribution in [0.4, 0.5) is 0 Å². The van der Waals surface area contributed by atoms with Gasteiger partial charge in [-0.3, -0.25) is 0 Å². The van der Waals surface area contributed by atoms with Crippen molar-refractivity contribution < 1.29 is 48.5 Å². The number of rotatable bonds is 18. The van der Waals surface area contributed by atoms with E-state index in [-0.39, 0.29) is 26.2 Å². The Hall–Kier alpha value is -5.50. The average molecular weight is 843 g/mol. The van der Waals surface area contributed by atoms with Gasteiger partial charge in [0.1, 0.15) is 36.6 Å². The Morgan fingerprint density at radius 1 is 0.557 bits per heavy atom. The summed E-state index contributed by atoms with van der Waals surface area (Å²) >= 11 is 0. The van der Waals surface area contributed by atoms with Gasteiger partial charge in [0.25, 0.3) is 0 Å². The topological polar surface area (TPSA) is 320 Å².